The Morgan fingerprint density at radius 1 is 1.04 bits per heavy atom. The largest absolute Gasteiger partial charge is 0.306 e. The molecule has 1 aliphatic rings. The van der Waals surface area contributed by atoms with Crippen molar-refractivity contribution in [2.75, 3.05) is 13.1 Å². The van der Waals surface area contributed by atoms with Gasteiger partial charge in [-0.25, -0.2) is 4.98 Å². The Labute approximate surface area is 153 Å². The van der Waals surface area contributed by atoms with Crippen LogP contribution in [0.4, 0.5) is 0 Å². The van der Waals surface area contributed by atoms with Crippen LogP contribution in [-0.4, -0.2) is 38.8 Å². The number of likely N-dealkylation sites (tertiary alicyclic amines) is 1. The highest BCUT2D eigenvalue weighted by Crippen LogP contribution is 2.32. The summed E-state index contributed by atoms with van der Waals surface area (Å²) in [5, 5.41) is 0. The van der Waals surface area contributed by atoms with Gasteiger partial charge in [0.05, 0.1) is 6.33 Å². The molecule has 132 valence electrons. The first-order valence-corrected chi connectivity index (χ1v) is 8.98. The Morgan fingerprint density at radius 2 is 1.85 bits per heavy atom. The molecule has 5 heteroatoms. The zero-order valence-corrected chi connectivity index (χ0v) is 14.6. The molecular weight excluding hydrogens is 324 g/mol. The predicted octanol–water partition coefficient (Wildman–Crippen LogP) is 3.07. The lowest BCUT2D eigenvalue weighted by Gasteiger charge is -2.36. The summed E-state index contributed by atoms with van der Waals surface area (Å²) in [5.41, 5.74) is 3.57. The van der Waals surface area contributed by atoms with E-state index in [-0.39, 0.29) is 11.8 Å². The van der Waals surface area contributed by atoms with Gasteiger partial charge in [0.1, 0.15) is 6.29 Å². The van der Waals surface area contributed by atoms with Crippen molar-refractivity contribution in [1.82, 2.24) is 19.4 Å². The fourth-order valence-electron chi connectivity index (χ4n) is 3.75. The molecule has 5 nitrogen and oxygen atoms in total. The van der Waals surface area contributed by atoms with Gasteiger partial charge in [-0.15, -0.1) is 0 Å². The minimum absolute atomic E-state index is 0.0859. The Morgan fingerprint density at radius 3 is 2.54 bits per heavy atom. The van der Waals surface area contributed by atoms with Gasteiger partial charge < -0.3 is 9.36 Å². The Bertz CT molecular complexity index is 830. The topological polar surface area (TPSA) is 51.0 Å². The van der Waals surface area contributed by atoms with Crippen LogP contribution >= 0.6 is 0 Å². The Kier molecular flexibility index (Phi) is 4.88. The number of nitrogens with zero attached hydrogens (tertiary/aromatic N) is 4. The van der Waals surface area contributed by atoms with E-state index in [0.29, 0.717) is 0 Å². The van der Waals surface area contributed by atoms with Crippen molar-refractivity contribution >= 4 is 6.29 Å². The van der Waals surface area contributed by atoms with E-state index in [0.717, 1.165) is 38.0 Å². The first kappa shape index (κ1) is 16.7. The normalized spacial score (nSPS) is 20.8. The molecular formula is C21H22N4O. The highest BCUT2D eigenvalue weighted by atomic mass is 16.1. The SMILES string of the molecule is O=CC1CCN(Cc2ccncc2)CC1c1ccc(-n2ccnc2)cc1. The van der Waals surface area contributed by atoms with Crippen molar-refractivity contribution in [3.05, 3.63) is 78.6 Å². The third-order valence-corrected chi connectivity index (χ3v) is 5.20. The van der Waals surface area contributed by atoms with Crippen LogP contribution in [-0.2, 0) is 11.3 Å². The zero-order valence-electron chi connectivity index (χ0n) is 14.6. The summed E-state index contributed by atoms with van der Waals surface area (Å²) in [4.78, 5) is 22.2. The number of pyridine rings is 1. The van der Waals surface area contributed by atoms with E-state index in [2.05, 4.69) is 51.3 Å². The van der Waals surface area contributed by atoms with Gasteiger partial charge in [-0.05, 0) is 48.4 Å². The molecule has 0 N–H and O–H groups in total. The zero-order chi connectivity index (χ0) is 17.8. The maximum atomic E-state index is 11.6. The first-order valence-electron chi connectivity index (χ1n) is 8.98. The standard InChI is InChI=1S/C21H22N4O/c26-15-19-7-11-24(13-17-5-8-22-9-6-17)14-21(19)18-1-3-20(4-2-18)25-12-10-23-16-25/h1-6,8-10,12,15-16,19,21H,7,11,13-14H2. The maximum absolute atomic E-state index is 11.6. The number of carbonyl (C=O) groups excluding carboxylic acids is 1. The van der Waals surface area contributed by atoms with Gasteiger partial charge in [0.15, 0.2) is 0 Å². The number of rotatable bonds is 5. The molecule has 1 aliphatic heterocycles. The van der Waals surface area contributed by atoms with Crippen molar-refractivity contribution in [3.63, 3.8) is 0 Å². The number of carbonyl (C=O) groups is 1. The minimum Gasteiger partial charge on any atom is -0.306 e. The number of hydrogen-bond acceptors (Lipinski definition) is 4. The van der Waals surface area contributed by atoms with Gasteiger partial charge >= 0.3 is 0 Å². The summed E-state index contributed by atoms with van der Waals surface area (Å²) in [5.74, 6) is 0.322. The van der Waals surface area contributed by atoms with Gasteiger partial charge in [0.2, 0.25) is 0 Å². The molecule has 1 saturated heterocycles. The predicted molar refractivity (Wildman–Crippen MR) is 100.0 cm³/mol. The molecule has 2 atom stereocenters. The van der Waals surface area contributed by atoms with E-state index in [9.17, 15) is 4.79 Å². The van der Waals surface area contributed by atoms with Gasteiger partial charge in [-0.3, -0.25) is 9.88 Å². The van der Waals surface area contributed by atoms with Crippen LogP contribution in [0, 0.1) is 5.92 Å². The molecule has 1 aromatic carbocycles. The van der Waals surface area contributed by atoms with Crippen LogP contribution in [0.3, 0.4) is 0 Å². The average Bonchev–Trinajstić information content (AvgIpc) is 3.24. The quantitative estimate of drug-likeness (QED) is 0.666. The van der Waals surface area contributed by atoms with Crippen LogP contribution in [0.1, 0.15) is 23.5 Å². The molecule has 0 spiro atoms. The highest BCUT2D eigenvalue weighted by Gasteiger charge is 2.30. The summed E-state index contributed by atoms with van der Waals surface area (Å²) in [6.45, 7) is 2.75. The molecule has 26 heavy (non-hydrogen) atoms. The second-order valence-electron chi connectivity index (χ2n) is 6.85. The Balaban J connectivity index is 1.51. The maximum Gasteiger partial charge on any atom is 0.123 e. The van der Waals surface area contributed by atoms with Crippen LogP contribution < -0.4 is 0 Å². The fourth-order valence-corrected chi connectivity index (χ4v) is 3.75. The fraction of sp³-hybridized carbons (Fsp3) is 0.286. The number of piperidine rings is 1. The molecule has 2 unspecified atom stereocenters. The van der Waals surface area contributed by atoms with E-state index in [1.54, 1.807) is 12.5 Å². The molecule has 0 aliphatic carbocycles. The molecule has 4 rings (SSSR count). The van der Waals surface area contributed by atoms with Crippen LogP contribution in [0.2, 0.25) is 0 Å². The summed E-state index contributed by atoms with van der Waals surface area (Å²) in [6.07, 6.45) is 11.2. The van der Waals surface area contributed by atoms with Gasteiger partial charge in [0, 0.05) is 55.4 Å². The smallest absolute Gasteiger partial charge is 0.123 e. The van der Waals surface area contributed by atoms with Crippen LogP contribution in [0.25, 0.3) is 5.69 Å². The third kappa shape index (κ3) is 3.58. The van der Waals surface area contributed by atoms with E-state index < -0.39 is 0 Å². The van der Waals surface area contributed by atoms with E-state index in [4.69, 9.17) is 0 Å². The molecule has 3 aromatic rings. The van der Waals surface area contributed by atoms with Crippen molar-refractivity contribution in [3.8, 4) is 5.69 Å². The molecule has 0 amide bonds. The summed E-state index contributed by atoms with van der Waals surface area (Å²) >= 11 is 0. The summed E-state index contributed by atoms with van der Waals surface area (Å²) in [7, 11) is 0. The summed E-state index contributed by atoms with van der Waals surface area (Å²) < 4.78 is 1.98. The van der Waals surface area contributed by atoms with Crippen molar-refractivity contribution < 1.29 is 4.79 Å². The van der Waals surface area contributed by atoms with Gasteiger partial charge in [-0.2, -0.15) is 0 Å². The molecule has 0 radical (unpaired) electrons. The second-order valence-corrected chi connectivity index (χ2v) is 6.85. The van der Waals surface area contributed by atoms with Crippen LogP contribution in [0.5, 0.6) is 0 Å². The first-order chi connectivity index (χ1) is 12.8. The lowest BCUT2D eigenvalue weighted by Crippen LogP contribution is -2.39. The molecule has 0 saturated carbocycles. The van der Waals surface area contributed by atoms with E-state index in [1.165, 1.54) is 11.1 Å². The van der Waals surface area contributed by atoms with E-state index in [1.807, 2.05) is 23.2 Å². The molecule has 1 fully saturated rings. The Hall–Kier alpha value is -2.79. The number of imidazole rings is 1. The van der Waals surface area contributed by atoms with Crippen molar-refractivity contribution in [2.24, 2.45) is 5.92 Å². The molecule has 0 bridgehead atoms. The third-order valence-electron chi connectivity index (χ3n) is 5.20. The van der Waals surface area contributed by atoms with Crippen LogP contribution in [0.15, 0.2) is 67.5 Å². The van der Waals surface area contributed by atoms with E-state index >= 15 is 0 Å². The summed E-state index contributed by atoms with van der Waals surface area (Å²) in [6, 6.07) is 12.6. The minimum atomic E-state index is 0.0859. The highest BCUT2D eigenvalue weighted by molar-refractivity contribution is 5.56. The lowest BCUT2D eigenvalue weighted by atomic mass is 9.81. The molecule has 2 aromatic heterocycles. The van der Waals surface area contributed by atoms with Crippen molar-refractivity contribution in [1.29, 1.82) is 0 Å². The number of aromatic nitrogens is 3. The number of aldehydes is 1. The number of hydrogen-bond donors (Lipinski definition) is 0. The second kappa shape index (κ2) is 7.62. The average molecular weight is 346 g/mol. The monoisotopic (exact) mass is 346 g/mol. The number of benzene rings is 1. The van der Waals surface area contributed by atoms with Gasteiger partial charge in [0.25, 0.3) is 0 Å². The van der Waals surface area contributed by atoms with Gasteiger partial charge in [-0.1, -0.05) is 12.1 Å². The lowest BCUT2D eigenvalue weighted by molar-refractivity contribution is -0.113. The van der Waals surface area contributed by atoms with Crippen molar-refractivity contribution in [2.45, 2.75) is 18.9 Å². The molecule has 3 heterocycles.